The van der Waals surface area contributed by atoms with Crippen LogP contribution in [0.15, 0.2) is 29.3 Å². The van der Waals surface area contributed by atoms with Crippen LogP contribution in [-0.2, 0) is 4.74 Å². The van der Waals surface area contributed by atoms with Crippen LogP contribution in [0.5, 0.6) is 5.75 Å². The van der Waals surface area contributed by atoms with Gasteiger partial charge in [-0.1, -0.05) is 0 Å². The molecule has 2 heterocycles. The molecule has 10 nitrogen and oxygen atoms in total. The van der Waals surface area contributed by atoms with E-state index < -0.39 is 17.4 Å². The molecule has 0 aliphatic heterocycles. The van der Waals surface area contributed by atoms with Gasteiger partial charge >= 0.3 is 11.8 Å². The molecule has 0 aliphatic carbocycles. The molecule has 3 rings (SSSR count). The number of carbonyl (C=O) groups excluding carboxylic acids is 1. The molecule has 0 unspecified atom stereocenters. The molecular formula is C18H22N6O4. The number of nitrogens with zero attached hydrogens (tertiary/aromatic N) is 4. The third-order valence-electron chi connectivity index (χ3n) is 3.95. The van der Waals surface area contributed by atoms with Crippen LogP contribution >= 0.6 is 0 Å². The third kappa shape index (κ3) is 3.48. The number of H-pyrrole nitrogens is 1. The van der Waals surface area contributed by atoms with E-state index in [9.17, 15) is 9.59 Å². The normalized spacial score (nSPS) is 11.5. The topological polar surface area (TPSA) is 128 Å². The van der Waals surface area contributed by atoms with Crippen LogP contribution in [0.3, 0.4) is 0 Å². The van der Waals surface area contributed by atoms with Gasteiger partial charge in [-0.2, -0.15) is 0 Å². The molecule has 3 N–H and O–H groups in total. The van der Waals surface area contributed by atoms with Crippen molar-refractivity contribution in [2.45, 2.75) is 26.4 Å². The first-order chi connectivity index (χ1) is 13.1. The summed E-state index contributed by atoms with van der Waals surface area (Å²) in [7, 11) is 3.06. The number of amides is 1. The van der Waals surface area contributed by atoms with Crippen LogP contribution in [0.2, 0.25) is 0 Å². The van der Waals surface area contributed by atoms with E-state index in [1.165, 1.54) is 22.9 Å². The van der Waals surface area contributed by atoms with Gasteiger partial charge in [0.2, 0.25) is 0 Å². The van der Waals surface area contributed by atoms with Gasteiger partial charge in [0.05, 0.1) is 18.5 Å². The summed E-state index contributed by atoms with van der Waals surface area (Å²) in [6.45, 7) is 5.34. The molecule has 10 heteroatoms. The van der Waals surface area contributed by atoms with E-state index in [2.05, 4.69) is 15.0 Å². The maximum atomic E-state index is 12.5. The number of rotatable bonds is 3. The van der Waals surface area contributed by atoms with Gasteiger partial charge in [-0.25, -0.2) is 24.1 Å². The zero-order chi connectivity index (χ0) is 20.6. The van der Waals surface area contributed by atoms with Crippen molar-refractivity contribution >= 4 is 28.8 Å². The molecular weight excluding hydrogens is 364 g/mol. The number of hydrogen-bond acceptors (Lipinski definition) is 7. The zero-order valence-corrected chi connectivity index (χ0v) is 16.3. The van der Waals surface area contributed by atoms with E-state index in [-0.39, 0.29) is 5.82 Å². The fourth-order valence-electron chi connectivity index (χ4n) is 2.69. The van der Waals surface area contributed by atoms with Crippen molar-refractivity contribution in [3.63, 3.8) is 0 Å². The van der Waals surface area contributed by atoms with Crippen molar-refractivity contribution in [3.8, 4) is 11.4 Å². The molecule has 0 saturated heterocycles. The highest BCUT2D eigenvalue weighted by molar-refractivity contribution is 5.90. The van der Waals surface area contributed by atoms with E-state index in [1.54, 1.807) is 46.0 Å². The van der Waals surface area contributed by atoms with E-state index in [0.29, 0.717) is 28.3 Å². The molecule has 0 bridgehead atoms. The number of ether oxygens (including phenoxy) is 2. The van der Waals surface area contributed by atoms with Crippen LogP contribution in [0, 0.1) is 0 Å². The predicted octanol–water partition coefficient (Wildman–Crippen LogP) is 2.07. The number of imidazole rings is 1. The van der Waals surface area contributed by atoms with Gasteiger partial charge in [0, 0.05) is 7.05 Å². The SMILES string of the molecule is COc1ccc(-n2c(=O)[nH]c3c(N)ncnc32)cc1N(C)C(=O)OC(C)(C)C. The molecule has 0 radical (unpaired) electrons. The number of benzene rings is 1. The maximum absolute atomic E-state index is 12.5. The van der Waals surface area contributed by atoms with E-state index in [4.69, 9.17) is 15.2 Å². The number of fused-ring (bicyclic) bond motifs is 1. The first kappa shape index (κ1) is 19.2. The van der Waals surface area contributed by atoms with Crippen molar-refractivity contribution in [1.82, 2.24) is 19.5 Å². The molecule has 0 saturated carbocycles. The summed E-state index contributed by atoms with van der Waals surface area (Å²) in [6, 6.07) is 4.97. The fraction of sp³-hybridized carbons (Fsp3) is 0.333. The molecule has 0 atom stereocenters. The summed E-state index contributed by atoms with van der Waals surface area (Å²) in [6.07, 6.45) is 0.722. The Morgan fingerprint density at radius 2 is 2.00 bits per heavy atom. The summed E-state index contributed by atoms with van der Waals surface area (Å²) < 4.78 is 12.1. The third-order valence-corrected chi connectivity index (χ3v) is 3.95. The number of nitrogens with one attached hydrogen (secondary N) is 1. The minimum absolute atomic E-state index is 0.167. The van der Waals surface area contributed by atoms with Gasteiger partial charge < -0.3 is 20.2 Å². The second-order valence-electron chi connectivity index (χ2n) is 7.12. The first-order valence-corrected chi connectivity index (χ1v) is 8.48. The lowest BCUT2D eigenvalue weighted by atomic mass is 10.2. The number of nitrogens with two attached hydrogens (primary N) is 1. The number of aromatic nitrogens is 4. The Morgan fingerprint density at radius 3 is 2.64 bits per heavy atom. The Kier molecular flexibility index (Phi) is 4.72. The summed E-state index contributed by atoms with van der Waals surface area (Å²) in [5, 5.41) is 0. The molecule has 1 amide bonds. The van der Waals surface area contributed by atoms with Gasteiger partial charge in [0.15, 0.2) is 11.5 Å². The Morgan fingerprint density at radius 1 is 1.29 bits per heavy atom. The number of aromatic amines is 1. The second-order valence-corrected chi connectivity index (χ2v) is 7.12. The van der Waals surface area contributed by atoms with Crippen molar-refractivity contribution < 1.29 is 14.3 Å². The maximum Gasteiger partial charge on any atom is 0.414 e. The first-order valence-electron chi connectivity index (χ1n) is 8.48. The van der Waals surface area contributed by atoms with Crippen molar-refractivity contribution in [2.24, 2.45) is 0 Å². The van der Waals surface area contributed by atoms with Gasteiger partial charge in [-0.05, 0) is 39.0 Å². The summed E-state index contributed by atoms with van der Waals surface area (Å²) in [4.78, 5) is 37.0. The zero-order valence-electron chi connectivity index (χ0n) is 16.3. The molecule has 0 aliphatic rings. The van der Waals surface area contributed by atoms with Crippen LogP contribution in [0.4, 0.5) is 16.3 Å². The summed E-state index contributed by atoms with van der Waals surface area (Å²) >= 11 is 0. The van der Waals surface area contributed by atoms with Crippen LogP contribution in [0.25, 0.3) is 16.9 Å². The Hall–Kier alpha value is -3.56. The Labute approximate surface area is 160 Å². The van der Waals surface area contributed by atoms with Gasteiger partial charge in [0.1, 0.15) is 23.2 Å². The van der Waals surface area contributed by atoms with Crippen LogP contribution in [-0.4, -0.2) is 45.4 Å². The highest BCUT2D eigenvalue weighted by Crippen LogP contribution is 2.31. The predicted molar refractivity (Wildman–Crippen MR) is 105 cm³/mol. The van der Waals surface area contributed by atoms with Crippen LogP contribution in [0.1, 0.15) is 20.8 Å². The Bertz CT molecular complexity index is 1100. The molecule has 0 fully saturated rings. The number of nitrogen functional groups attached to an aromatic ring is 1. The standard InChI is InChI=1S/C18H22N6O4/c1-18(2,3)28-17(26)23(4)11-8-10(6-7-12(11)27-5)24-15-13(22-16(24)25)14(19)20-9-21-15/h6-9H,1-5H3,(H,22,25)(H2,19,20,21). The molecule has 0 spiro atoms. The Balaban J connectivity index is 2.12. The number of carbonyl (C=O) groups is 1. The summed E-state index contributed by atoms with van der Waals surface area (Å²) in [5.74, 6) is 0.611. The lowest BCUT2D eigenvalue weighted by Gasteiger charge is -2.26. The van der Waals surface area contributed by atoms with Crippen molar-refractivity contribution in [1.29, 1.82) is 0 Å². The lowest BCUT2D eigenvalue weighted by molar-refractivity contribution is 0.0588. The van der Waals surface area contributed by atoms with Crippen molar-refractivity contribution in [3.05, 3.63) is 35.0 Å². The highest BCUT2D eigenvalue weighted by Gasteiger charge is 2.23. The molecule has 2 aromatic heterocycles. The second kappa shape index (κ2) is 6.87. The lowest BCUT2D eigenvalue weighted by Crippen LogP contribution is -2.34. The quantitative estimate of drug-likeness (QED) is 0.705. The average Bonchev–Trinajstić information content (AvgIpc) is 2.96. The average molecular weight is 386 g/mol. The van der Waals surface area contributed by atoms with E-state index in [1.807, 2.05) is 0 Å². The largest absolute Gasteiger partial charge is 0.495 e. The highest BCUT2D eigenvalue weighted by atomic mass is 16.6. The monoisotopic (exact) mass is 386 g/mol. The van der Waals surface area contributed by atoms with E-state index in [0.717, 1.165) is 0 Å². The molecule has 28 heavy (non-hydrogen) atoms. The molecule has 3 aromatic rings. The molecule has 148 valence electrons. The number of methoxy groups -OCH3 is 1. The minimum Gasteiger partial charge on any atom is -0.495 e. The van der Waals surface area contributed by atoms with E-state index >= 15 is 0 Å². The van der Waals surface area contributed by atoms with Crippen molar-refractivity contribution in [2.75, 3.05) is 24.8 Å². The smallest absolute Gasteiger partial charge is 0.414 e. The van der Waals surface area contributed by atoms with Gasteiger partial charge in [0.25, 0.3) is 0 Å². The van der Waals surface area contributed by atoms with Crippen LogP contribution < -0.4 is 21.1 Å². The fourth-order valence-corrected chi connectivity index (χ4v) is 2.69. The summed E-state index contributed by atoms with van der Waals surface area (Å²) in [5.41, 5.74) is 6.29. The number of hydrogen-bond donors (Lipinski definition) is 2. The minimum atomic E-state index is -0.654. The van der Waals surface area contributed by atoms with Gasteiger partial charge in [-0.3, -0.25) is 4.90 Å². The number of anilines is 2. The van der Waals surface area contributed by atoms with Gasteiger partial charge in [-0.15, -0.1) is 0 Å². The molecule has 1 aromatic carbocycles.